The summed E-state index contributed by atoms with van der Waals surface area (Å²) in [4.78, 5) is 0. The van der Waals surface area contributed by atoms with Crippen LogP contribution in [0.4, 0.5) is 0 Å². The number of phenolic OH excluding ortho intramolecular Hbond substituents is 2. The highest BCUT2D eigenvalue weighted by Crippen LogP contribution is 2.32. The molecular formula is C37H60O2. The summed E-state index contributed by atoms with van der Waals surface area (Å²) < 4.78 is 0. The number of aromatic hydroxyl groups is 2. The summed E-state index contributed by atoms with van der Waals surface area (Å²) >= 11 is 0. The van der Waals surface area contributed by atoms with Crippen LogP contribution < -0.4 is 0 Å². The molecule has 2 N–H and O–H groups in total. The van der Waals surface area contributed by atoms with Gasteiger partial charge in [0.25, 0.3) is 0 Å². The Labute approximate surface area is 241 Å². The predicted molar refractivity (Wildman–Crippen MR) is 170 cm³/mol. The van der Waals surface area contributed by atoms with E-state index in [4.69, 9.17) is 0 Å². The van der Waals surface area contributed by atoms with Gasteiger partial charge in [0.1, 0.15) is 11.5 Å². The topological polar surface area (TPSA) is 40.5 Å². The maximum absolute atomic E-state index is 10.8. The van der Waals surface area contributed by atoms with Gasteiger partial charge in [-0.3, -0.25) is 0 Å². The molecule has 0 aliphatic carbocycles. The van der Waals surface area contributed by atoms with Crippen LogP contribution in [-0.2, 0) is 19.3 Å². The molecule has 0 radical (unpaired) electrons. The quantitative estimate of drug-likeness (QED) is 0.131. The van der Waals surface area contributed by atoms with Crippen molar-refractivity contribution in [2.24, 2.45) is 0 Å². The maximum atomic E-state index is 10.8. The van der Waals surface area contributed by atoms with Crippen molar-refractivity contribution >= 4 is 0 Å². The van der Waals surface area contributed by atoms with Crippen LogP contribution in [0.15, 0.2) is 36.4 Å². The van der Waals surface area contributed by atoms with Crippen molar-refractivity contribution in [3.63, 3.8) is 0 Å². The van der Waals surface area contributed by atoms with E-state index in [0.717, 1.165) is 24.0 Å². The van der Waals surface area contributed by atoms with Crippen molar-refractivity contribution in [2.75, 3.05) is 0 Å². The Morgan fingerprint density at radius 1 is 0.410 bits per heavy atom. The SMILES string of the molecule is CCCCCCCCCCCCc1cccc(O)c1Cc1c(O)cccc1CCCCCCCCCCCC. The lowest BCUT2D eigenvalue weighted by molar-refractivity contribution is 0.461. The third-order valence-electron chi connectivity index (χ3n) is 8.45. The Morgan fingerprint density at radius 2 is 0.718 bits per heavy atom. The molecule has 39 heavy (non-hydrogen) atoms. The summed E-state index contributed by atoms with van der Waals surface area (Å²) in [6.07, 6.45) is 29.3. The van der Waals surface area contributed by atoms with Crippen molar-refractivity contribution in [3.05, 3.63) is 58.7 Å². The third-order valence-corrected chi connectivity index (χ3v) is 8.45. The van der Waals surface area contributed by atoms with Gasteiger partial charge in [-0.15, -0.1) is 0 Å². The molecule has 0 atom stereocenters. The lowest BCUT2D eigenvalue weighted by Gasteiger charge is -2.16. The van der Waals surface area contributed by atoms with E-state index in [1.807, 2.05) is 12.1 Å². The largest absolute Gasteiger partial charge is 0.508 e. The summed E-state index contributed by atoms with van der Waals surface area (Å²) in [7, 11) is 0. The first-order valence-corrected chi connectivity index (χ1v) is 16.8. The Kier molecular flexibility index (Phi) is 18.6. The number of aryl methyl sites for hydroxylation is 2. The van der Waals surface area contributed by atoms with Crippen molar-refractivity contribution < 1.29 is 10.2 Å². The third kappa shape index (κ3) is 14.3. The number of benzene rings is 2. The highest BCUT2D eigenvalue weighted by atomic mass is 16.3. The number of hydrogen-bond donors (Lipinski definition) is 2. The fraction of sp³-hybridized carbons (Fsp3) is 0.676. The molecule has 0 heterocycles. The lowest BCUT2D eigenvalue weighted by Crippen LogP contribution is -2.01. The van der Waals surface area contributed by atoms with Crippen LogP contribution in [0.2, 0.25) is 0 Å². The molecule has 0 aliphatic rings. The first-order chi connectivity index (χ1) is 19.2. The standard InChI is InChI=1S/C37H60O2/c1-3-5-7-9-11-13-15-17-19-21-25-32-27-23-29-36(38)34(32)31-35-33(28-24-30-37(35)39)26-22-20-18-16-14-12-10-8-6-4-2/h23-24,27-30,38-39H,3-22,25-26,31H2,1-2H3. The van der Waals surface area contributed by atoms with Crippen LogP contribution in [0, 0.1) is 0 Å². The molecule has 2 rings (SSSR count). The van der Waals surface area contributed by atoms with Crippen molar-refractivity contribution in [2.45, 2.75) is 162 Å². The molecule has 2 aromatic carbocycles. The molecule has 0 saturated carbocycles. The summed E-state index contributed by atoms with van der Waals surface area (Å²) in [6.45, 7) is 4.55. The number of unbranched alkanes of at least 4 members (excludes halogenated alkanes) is 18. The molecule has 0 aromatic heterocycles. The molecule has 0 spiro atoms. The Morgan fingerprint density at radius 3 is 1.05 bits per heavy atom. The molecule has 2 heteroatoms. The molecule has 2 aromatic rings. The Balaban J connectivity index is 1.79. The molecular weight excluding hydrogens is 476 g/mol. The lowest BCUT2D eigenvalue weighted by atomic mass is 9.91. The van der Waals surface area contributed by atoms with E-state index in [0.29, 0.717) is 17.9 Å². The van der Waals surface area contributed by atoms with Crippen molar-refractivity contribution in [1.82, 2.24) is 0 Å². The van der Waals surface area contributed by atoms with Gasteiger partial charge in [-0.1, -0.05) is 154 Å². The van der Waals surface area contributed by atoms with Gasteiger partial charge < -0.3 is 10.2 Å². The number of phenols is 2. The Bertz CT molecular complexity index is 800. The summed E-state index contributed by atoms with van der Waals surface area (Å²) in [6, 6.07) is 11.9. The normalized spacial score (nSPS) is 11.3. The van der Waals surface area contributed by atoms with Gasteiger partial charge in [0.05, 0.1) is 0 Å². The average Bonchev–Trinajstić information content (AvgIpc) is 2.93. The molecule has 220 valence electrons. The average molecular weight is 537 g/mol. The van der Waals surface area contributed by atoms with Gasteiger partial charge in [0, 0.05) is 17.5 Å². The van der Waals surface area contributed by atoms with Crippen LogP contribution in [0.3, 0.4) is 0 Å². The second kappa shape index (κ2) is 21.8. The van der Waals surface area contributed by atoms with Crippen LogP contribution in [0.25, 0.3) is 0 Å². The second-order valence-corrected chi connectivity index (χ2v) is 11.9. The predicted octanol–water partition coefficient (Wildman–Crippen LogP) is 11.6. The smallest absolute Gasteiger partial charge is 0.119 e. The highest BCUT2D eigenvalue weighted by molar-refractivity contribution is 5.48. The van der Waals surface area contributed by atoms with Gasteiger partial charge >= 0.3 is 0 Å². The molecule has 0 aliphatic heterocycles. The minimum Gasteiger partial charge on any atom is -0.508 e. The molecule has 0 fully saturated rings. The highest BCUT2D eigenvalue weighted by Gasteiger charge is 2.14. The fourth-order valence-electron chi connectivity index (χ4n) is 5.90. The van der Waals surface area contributed by atoms with E-state index in [-0.39, 0.29) is 0 Å². The zero-order valence-corrected chi connectivity index (χ0v) is 25.6. The summed E-state index contributed by atoms with van der Waals surface area (Å²) in [5, 5.41) is 21.6. The van der Waals surface area contributed by atoms with Gasteiger partial charge in [-0.05, 0) is 48.9 Å². The zero-order chi connectivity index (χ0) is 28.0. The number of rotatable bonds is 24. The van der Waals surface area contributed by atoms with Gasteiger partial charge in [0.2, 0.25) is 0 Å². The van der Waals surface area contributed by atoms with Gasteiger partial charge in [-0.2, -0.15) is 0 Å². The second-order valence-electron chi connectivity index (χ2n) is 11.9. The van der Waals surface area contributed by atoms with Gasteiger partial charge in [0.15, 0.2) is 0 Å². The molecule has 0 bridgehead atoms. The van der Waals surface area contributed by atoms with E-state index in [1.54, 1.807) is 12.1 Å². The molecule has 0 unspecified atom stereocenters. The maximum Gasteiger partial charge on any atom is 0.119 e. The monoisotopic (exact) mass is 536 g/mol. The van der Waals surface area contributed by atoms with Crippen LogP contribution in [0.5, 0.6) is 11.5 Å². The van der Waals surface area contributed by atoms with Crippen LogP contribution in [-0.4, -0.2) is 10.2 Å². The first-order valence-electron chi connectivity index (χ1n) is 16.8. The van der Waals surface area contributed by atoms with E-state index in [1.165, 1.54) is 140 Å². The summed E-state index contributed by atoms with van der Waals surface area (Å²) in [5.41, 5.74) is 4.48. The Hall–Kier alpha value is -1.96. The van der Waals surface area contributed by atoms with E-state index in [2.05, 4.69) is 26.0 Å². The van der Waals surface area contributed by atoms with Gasteiger partial charge in [-0.25, -0.2) is 0 Å². The zero-order valence-electron chi connectivity index (χ0n) is 25.6. The fourth-order valence-corrected chi connectivity index (χ4v) is 5.90. The molecule has 2 nitrogen and oxygen atoms in total. The minimum atomic E-state index is 0.368. The van der Waals surface area contributed by atoms with E-state index in [9.17, 15) is 10.2 Å². The first kappa shape index (κ1) is 33.2. The van der Waals surface area contributed by atoms with E-state index >= 15 is 0 Å². The molecule has 0 amide bonds. The summed E-state index contributed by atoms with van der Waals surface area (Å²) in [5.74, 6) is 0.737. The molecule has 0 saturated heterocycles. The number of hydrogen-bond acceptors (Lipinski definition) is 2. The van der Waals surface area contributed by atoms with Crippen molar-refractivity contribution in [1.29, 1.82) is 0 Å². The van der Waals surface area contributed by atoms with E-state index < -0.39 is 0 Å². The minimum absolute atomic E-state index is 0.368. The van der Waals surface area contributed by atoms with Crippen molar-refractivity contribution in [3.8, 4) is 11.5 Å². The van der Waals surface area contributed by atoms with Crippen LogP contribution in [0.1, 0.15) is 165 Å². The van der Waals surface area contributed by atoms with Crippen LogP contribution >= 0.6 is 0 Å².